The van der Waals surface area contributed by atoms with Crippen molar-refractivity contribution in [1.29, 1.82) is 0 Å². The first-order valence-corrected chi connectivity index (χ1v) is 7.28. The molecule has 1 atom stereocenters. The van der Waals surface area contributed by atoms with E-state index in [-0.39, 0.29) is 18.3 Å². The summed E-state index contributed by atoms with van der Waals surface area (Å²) in [6.45, 7) is 4.77. The van der Waals surface area contributed by atoms with Crippen molar-refractivity contribution in [2.75, 3.05) is 19.6 Å². The van der Waals surface area contributed by atoms with Gasteiger partial charge in [-0.3, -0.25) is 4.79 Å². The highest BCUT2D eigenvalue weighted by molar-refractivity contribution is 5.92. The van der Waals surface area contributed by atoms with Crippen LogP contribution in [0, 0.1) is 0 Å². The minimum absolute atomic E-state index is 0. The molecule has 2 fully saturated rings. The molecule has 0 spiro atoms. The molecule has 1 aliphatic heterocycles. The average molecular weight is 300 g/mol. The van der Waals surface area contributed by atoms with Crippen LogP contribution in [0.5, 0.6) is 0 Å². The van der Waals surface area contributed by atoms with Crippen molar-refractivity contribution in [3.63, 3.8) is 0 Å². The van der Waals surface area contributed by atoms with Crippen molar-refractivity contribution >= 4 is 18.3 Å². The summed E-state index contributed by atoms with van der Waals surface area (Å²) in [5, 5.41) is 7.28. The Balaban J connectivity index is 0.00000147. The van der Waals surface area contributed by atoms with Gasteiger partial charge in [-0.05, 0) is 32.2 Å². The maximum Gasteiger partial charge on any atom is 0.276 e. The van der Waals surface area contributed by atoms with E-state index in [0.29, 0.717) is 17.7 Å². The third-order valence-corrected chi connectivity index (χ3v) is 3.93. The second-order valence-electron chi connectivity index (χ2n) is 5.53. The van der Waals surface area contributed by atoms with Gasteiger partial charge in [-0.15, -0.1) is 12.4 Å². The summed E-state index contributed by atoms with van der Waals surface area (Å²) in [6, 6.07) is 2.14. The van der Waals surface area contributed by atoms with Crippen LogP contribution in [-0.4, -0.2) is 41.6 Å². The van der Waals surface area contributed by atoms with Crippen LogP contribution in [-0.2, 0) is 0 Å². The quantitative estimate of drug-likeness (QED) is 0.905. The highest BCUT2D eigenvalue weighted by Gasteiger charge is 2.32. The normalized spacial score (nSPS) is 21.6. The number of aromatic nitrogens is 1. The van der Waals surface area contributed by atoms with E-state index in [1.165, 1.54) is 0 Å². The summed E-state index contributed by atoms with van der Waals surface area (Å²) in [5.74, 6) is 1.40. The number of nitrogens with one attached hydrogen (secondary N) is 1. The van der Waals surface area contributed by atoms with Gasteiger partial charge in [-0.2, -0.15) is 0 Å². The monoisotopic (exact) mass is 299 g/mol. The Bertz CT molecular complexity index is 453. The fourth-order valence-corrected chi connectivity index (χ4v) is 2.69. The maximum atomic E-state index is 12.6. The van der Waals surface area contributed by atoms with Gasteiger partial charge >= 0.3 is 0 Å². The number of halogens is 1. The number of hydrogen-bond donors (Lipinski definition) is 1. The van der Waals surface area contributed by atoms with E-state index >= 15 is 0 Å². The molecular formula is C14H22ClN3O2. The van der Waals surface area contributed by atoms with Gasteiger partial charge in [0, 0.05) is 31.1 Å². The van der Waals surface area contributed by atoms with Crippen LogP contribution in [0.1, 0.15) is 54.8 Å². The van der Waals surface area contributed by atoms with E-state index in [1.807, 2.05) is 11.0 Å². The van der Waals surface area contributed by atoms with Crippen LogP contribution in [0.15, 0.2) is 10.6 Å². The zero-order valence-corrected chi connectivity index (χ0v) is 12.6. The highest BCUT2D eigenvalue weighted by Crippen LogP contribution is 2.40. The van der Waals surface area contributed by atoms with Crippen molar-refractivity contribution in [1.82, 2.24) is 15.4 Å². The summed E-state index contributed by atoms with van der Waals surface area (Å²) in [7, 11) is 0. The largest absolute Gasteiger partial charge is 0.360 e. The van der Waals surface area contributed by atoms with Crippen molar-refractivity contribution in [2.24, 2.45) is 0 Å². The Kier molecular flexibility index (Phi) is 5.05. The first-order chi connectivity index (χ1) is 9.29. The van der Waals surface area contributed by atoms with E-state index in [2.05, 4.69) is 17.4 Å². The van der Waals surface area contributed by atoms with Gasteiger partial charge in [0.25, 0.3) is 5.91 Å². The zero-order valence-electron chi connectivity index (χ0n) is 11.8. The molecule has 0 radical (unpaired) electrons. The van der Waals surface area contributed by atoms with Crippen LogP contribution in [0.3, 0.4) is 0 Å². The molecule has 1 aliphatic carbocycles. The number of hydrogen-bond acceptors (Lipinski definition) is 4. The van der Waals surface area contributed by atoms with Gasteiger partial charge in [0.15, 0.2) is 5.69 Å². The number of rotatable bonds is 5. The van der Waals surface area contributed by atoms with Gasteiger partial charge in [0.2, 0.25) is 0 Å². The van der Waals surface area contributed by atoms with Gasteiger partial charge in [-0.1, -0.05) is 12.1 Å². The summed E-state index contributed by atoms with van der Waals surface area (Å²) >= 11 is 0. The Morgan fingerprint density at radius 1 is 1.50 bits per heavy atom. The molecule has 1 saturated carbocycles. The second kappa shape index (κ2) is 6.59. The predicted molar refractivity (Wildman–Crippen MR) is 78.3 cm³/mol. The van der Waals surface area contributed by atoms with Crippen molar-refractivity contribution in [3.05, 3.63) is 17.5 Å². The molecule has 2 aliphatic rings. The second-order valence-corrected chi connectivity index (χ2v) is 5.53. The molecule has 5 nitrogen and oxygen atoms in total. The summed E-state index contributed by atoms with van der Waals surface area (Å²) in [6.07, 6.45) is 4.32. The standard InChI is InChI=1S/C14H21N3O2.ClH/c1-2-7-17(11-5-6-15-9-11)14(18)12-8-13(19-16-12)10-3-4-10;/h8,10-11,15H,2-7,9H2,1H3;1H. The van der Waals surface area contributed by atoms with Crippen LogP contribution >= 0.6 is 12.4 Å². The SMILES string of the molecule is CCCN(C(=O)c1cc(C2CC2)on1)C1CCNC1.Cl. The number of carbonyl (C=O) groups excluding carboxylic acids is 1. The molecule has 0 bridgehead atoms. The first kappa shape index (κ1) is 15.3. The smallest absolute Gasteiger partial charge is 0.276 e. The Hall–Kier alpha value is -1.07. The number of amides is 1. The number of nitrogens with zero attached hydrogens (tertiary/aromatic N) is 2. The Morgan fingerprint density at radius 2 is 2.30 bits per heavy atom. The molecular weight excluding hydrogens is 278 g/mol. The van der Waals surface area contributed by atoms with E-state index in [9.17, 15) is 4.79 Å². The fraction of sp³-hybridized carbons (Fsp3) is 0.714. The first-order valence-electron chi connectivity index (χ1n) is 7.28. The topological polar surface area (TPSA) is 58.4 Å². The van der Waals surface area contributed by atoms with Crippen LogP contribution in [0.2, 0.25) is 0 Å². The summed E-state index contributed by atoms with van der Waals surface area (Å²) in [5.41, 5.74) is 0.474. The van der Waals surface area contributed by atoms with Gasteiger partial charge < -0.3 is 14.7 Å². The molecule has 1 amide bonds. The Morgan fingerprint density at radius 3 is 2.90 bits per heavy atom. The van der Waals surface area contributed by atoms with E-state index < -0.39 is 0 Å². The minimum atomic E-state index is 0. The minimum Gasteiger partial charge on any atom is -0.360 e. The molecule has 20 heavy (non-hydrogen) atoms. The fourth-order valence-electron chi connectivity index (χ4n) is 2.69. The molecule has 1 saturated heterocycles. The average Bonchev–Trinajstić information content (AvgIpc) is 2.96. The van der Waals surface area contributed by atoms with Gasteiger partial charge in [0.1, 0.15) is 5.76 Å². The summed E-state index contributed by atoms with van der Waals surface area (Å²) in [4.78, 5) is 14.5. The van der Waals surface area contributed by atoms with Crippen LogP contribution < -0.4 is 5.32 Å². The Labute approximate surface area is 125 Å². The molecule has 6 heteroatoms. The van der Waals surface area contributed by atoms with Crippen molar-refractivity contribution < 1.29 is 9.32 Å². The molecule has 1 aromatic heterocycles. The molecule has 112 valence electrons. The maximum absolute atomic E-state index is 12.6. The van der Waals surface area contributed by atoms with Crippen LogP contribution in [0.25, 0.3) is 0 Å². The lowest BCUT2D eigenvalue weighted by Crippen LogP contribution is -2.42. The lowest BCUT2D eigenvalue weighted by Gasteiger charge is -2.27. The van der Waals surface area contributed by atoms with Crippen LogP contribution in [0.4, 0.5) is 0 Å². The molecule has 2 heterocycles. The zero-order chi connectivity index (χ0) is 13.2. The molecule has 1 aromatic rings. The summed E-state index contributed by atoms with van der Waals surface area (Å²) < 4.78 is 5.29. The third-order valence-electron chi connectivity index (χ3n) is 3.93. The van der Waals surface area contributed by atoms with E-state index in [1.54, 1.807) is 0 Å². The lowest BCUT2D eigenvalue weighted by atomic mass is 10.2. The predicted octanol–water partition coefficient (Wildman–Crippen LogP) is 2.19. The lowest BCUT2D eigenvalue weighted by molar-refractivity contribution is 0.0681. The van der Waals surface area contributed by atoms with Gasteiger partial charge in [-0.25, -0.2) is 0 Å². The van der Waals surface area contributed by atoms with E-state index in [0.717, 1.165) is 51.1 Å². The molecule has 3 rings (SSSR count). The molecule has 1 unspecified atom stereocenters. The molecule has 1 N–H and O–H groups in total. The number of carbonyl (C=O) groups is 1. The van der Waals surface area contributed by atoms with E-state index in [4.69, 9.17) is 4.52 Å². The van der Waals surface area contributed by atoms with Gasteiger partial charge in [0.05, 0.1) is 0 Å². The van der Waals surface area contributed by atoms with Crippen molar-refractivity contribution in [2.45, 2.75) is 44.6 Å². The highest BCUT2D eigenvalue weighted by atomic mass is 35.5. The third kappa shape index (κ3) is 3.15. The molecule has 0 aromatic carbocycles. The van der Waals surface area contributed by atoms with Crippen molar-refractivity contribution in [3.8, 4) is 0 Å².